The Morgan fingerprint density at radius 3 is 1.57 bits per heavy atom. The summed E-state index contributed by atoms with van der Waals surface area (Å²) >= 11 is 3.39. The summed E-state index contributed by atoms with van der Waals surface area (Å²) in [5.41, 5.74) is 4.99. The molecule has 142 valence electrons. The number of oxazole rings is 2. The fourth-order valence-electron chi connectivity index (χ4n) is 3.87. The number of hydrogen-bond donors (Lipinski definition) is 0. The van der Waals surface area contributed by atoms with Crippen LogP contribution in [-0.4, -0.2) is 9.97 Å². The van der Waals surface area contributed by atoms with Crippen LogP contribution in [0.2, 0.25) is 0 Å². The van der Waals surface area contributed by atoms with Crippen LogP contribution in [-0.2, 0) is 0 Å². The summed E-state index contributed by atoms with van der Waals surface area (Å²) < 4.78 is 14.7. The molecule has 0 spiro atoms. The Kier molecular flexibility index (Phi) is 3.27. The maximum Gasteiger partial charge on any atom is 0.228 e. The van der Waals surface area contributed by atoms with Gasteiger partial charge in [-0.15, -0.1) is 22.7 Å². The molecule has 0 atom stereocenters. The largest absolute Gasteiger partial charge is 0.436 e. The third kappa shape index (κ3) is 2.32. The summed E-state index contributed by atoms with van der Waals surface area (Å²) in [5.74, 6) is 1.25. The number of nitrogens with zero attached hydrogens (tertiary/aromatic N) is 2. The lowest BCUT2D eigenvalue weighted by Gasteiger charge is -1.92. The van der Waals surface area contributed by atoms with Gasteiger partial charge in [-0.3, -0.25) is 0 Å². The van der Waals surface area contributed by atoms with Crippen LogP contribution >= 0.6 is 22.7 Å². The van der Waals surface area contributed by atoms with Gasteiger partial charge in [0.05, 0.1) is 11.1 Å². The van der Waals surface area contributed by atoms with Gasteiger partial charge in [-0.25, -0.2) is 9.97 Å². The first-order chi connectivity index (χ1) is 14.8. The molecule has 7 aromatic rings. The van der Waals surface area contributed by atoms with E-state index in [1.54, 1.807) is 22.7 Å². The zero-order chi connectivity index (χ0) is 19.7. The van der Waals surface area contributed by atoms with Gasteiger partial charge >= 0.3 is 0 Å². The maximum atomic E-state index is 6.11. The SMILES string of the molecule is c1ccc2c(-c3nc4cc5oc(-c6csc7ccccc67)nc5cc4o3)csc2c1. The van der Waals surface area contributed by atoms with Crippen molar-refractivity contribution < 1.29 is 8.83 Å². The summed E-state index contributed by atoms with van der Waals surface area (Å²) in [6, 6.07) is 20.4. The van der Waals surface area contributed by atoms with Crippen molar-refractivity contribution in [2.75, 3.05) is 0 Å². The second kappa shape index (κ2) is 6.01. The number of hydrogen-bond acceptors (Lipinski definition) is 6. The summed E-state index contributed by atoms with van der Waals surface area (Å²) in [6.45, 7) is 0. The van der Waals surface area contributed by atoms with Gasteiger partial charge < -0.3 is 8.83 Å². The Morgan fingerprint density at radius 1 is 0.600 bits per heavy atom. The third-order valence-electron chi connectivity index (χ3n) is 5.32. The highest BCUT2D eigenvalue weighted by atomic mass is 32.1. The van der Waals surface area contributed by atoms with E-state index in [2.05, 4.69) is 35.0 Å². The van der Waals surface area contributed by atoms with Crippen molar-refractivity contribution in [3.05, 3.63) is 71.4 Å². The van der Waals surface area contributed by atoms with Crippen molar-refractivity contribution in [2.45, 2.75) is 0 Å². The highest BCUT2D eigenvalue weighted by Crippen LogP contribution is 2.38. The molecule has 30 heavy (non-hydrogen) atoms. The van der Waals surface area contributed by atoms with Crippen molar-refractivity contribution >= 4 is 65.0 Å². The van der Waals surface area contributed by atoms with Crippen molar-refractivity contribution in [3.63, 3.8) is 0 Å². The highest BCUT2D eigenvalue weighted by Gasteiger charge is 2.17. The molecule has 0 saturated heterocycles. The van der Waals surface area contributed by atoms with Crippen molar-refractivity contribution in [2.24, 2.45) is 0 Å². The maximum absolute atomic E-state index is 6.11. The fourth-order valence-corrected chi connectivity index (χ4v) is 5.74. The number of benzene rings is 3. The number of fused-ring (bicyclic) bond motifs is 4. The highest BCUT2D eigenvalue weighted by molar-refractivity contribution is 7.18. The molecule has 0 aliphatic rings. The first kappa shape index (κ1) is 16.3. The van der Waals surface area contributed by atoms with Gasteiger partial charge in [0.2, 0.25) is 11.8 Å². The molecule has 7 rings (SSSR count). The standard InChI is InChI=1S/C24H12N2O2S2/c1-3-7-21-13(5-1)15(11-29-21)23-25-17-9-20-18(10-19(17)27-23)26-24(28-20)16-12-30-22-8-4-2-6-14(16)22/h1-12H. The predicted octanol–water partition coefficient (Wildman–Crippen LogP) is 7.73. The molecule has 0 unspecified atom stereocenters. The van der Waals surface area contributed by atoms with Crippen LogP contribution in [0.1, 0.15) is 0 Å². The van der Waals surface area contributed by atoms with E-state index in [-0.39, 0.29) is 0 Å². The first-order valence-electron chi connectivity index (χ1n) is 9.48. The van der Waals surface area contributed by atoms with E-state index < -0.39 is 0 Å². The van der Waals surface area contributed by atoms with Gasteiger partial charge in [-0.05, 0) is 12.1 Å². The minimum absolute atomic E-state index is 0.624. The molecule has 0 aliphatic heterocycles. The second-order valence-electron chi connectivity index (χ2n) is 7.12. The quantitative estimate of drug-likeness (QED) is 0.285. The zero-order valence-corrected chi connectivity index (χ0v) is 17.1. The van der Waals surface area contributed by atoms with Gasteiger partial charge in [0.1, 0.15) is 11.0 Å². The Labute approximate surface area is 178 Å². The number of rotatable bonds is 2. The van der Waals surface area contributed by atoms with Crippen LogP contribution in [0.15, 0.2) is 80.3 Å². The Bertz CT molecular complexity index is 1540. The average molecular weight is 425 g/mol. The summed E-state index contributed by atoms with van der Waals surface area (Å²) in [7, 11) is 0. The van der Waals surface area contributed by atoms with E-state index >= 15 is 0 Å². The average Bonchev–Trinajstić information content (AvgIpc) is 3.53. The van der Waals surface area contributed by atoms with E-state index in [0.717, 1.165) is 32.9 Å². The lowest BCUT2D eigenvalue weighted by molar-refractivity contribution is 0.619. The molecule has 0 radical (unpaired) electrons. The lowest BCUT2D eigenvalue weighted by Crippen LogP contribution is -1.74. The van der Waals surface area contributed by atoms with Gasteiger partial charge in [-0.1, -0.05) is 36.4 Å². The number of aromatic nitrogens is 2. The van der Waals surface area contributed by atoms with Crippen LogP contribution < -0.4 is 0 Å². The van der Waals surface area contributed by atoms with Crippen LogP contribution in [0, 0.1) is 0 Å². The normalized spacial score (nSPS) is 12.0. The van der Waals surface area contributed by atoms with Gasteiger partial charge in [0, 0.05) is 43.1 Å². The molecule has 4 heterocycles. The minimum atomic E-state index is 0.624. The van der Waals surface area contributed by atoms with Crippen molar-refractivity contribution in [3.8, 4) is 22.9 Å². The second-order valence-corrected chi connectivity index (χ2v) is 8.94. The fraction of sp³-hybridized carbons (Fsp3) is 0. The molecular weight excluding hydrogens is 412 g/mol. The minimum Gasteiger partial charge on any atom is -0.436 e. The predicted molar refractivity (Wildman–Crippen MR) is 123 cm³/mol. The summed E-state index contributed by atoms with van der Waals surface area (Å²) in [5, 5.41) is 6.50. The number of thiophene rings is 2. The van der Waals surface area contributed by atoms with Gasteiger partial charge in [0.15, 0.2) is 11.2 Å². The lowest BCUT2D eigenvalue weighted by atomic mass is 10.2. The van der Waals surface area contributed by atoms with Crippen molar-refractivity contribution in [1.82, 2.24) is 9.97 Å². The molecule has 0 N–H and O–H groups in total. The van der Waals surface area contributed by atoms with Crippen molar-refractivity contribution in [1.29, 1.82) is 0 Å². The van der Waals surface area contributed by atoms with Crippen LogP contribution in [0.3, 0.4) is 0 Å². The smallest absolute Gasteiger partial charge is 0.228 e. The molecule has 0 saturated carbocycles. The van der Waals surface area contributed by atoms with Crippen LogP contribution in [0.4, 0.5) is 0 Å². The Hall–Kier alpha value is -3.48. The molecule has 3 aromatic carbocycles. The van der Waals surface area contributed by atoms with E-state index in [1.807, 2.05) is 36.4 Å². The van der Waals surface area contributed by atoms with E-state index in [9.17, 15) is 0 Å². The molecule has 0 amide bonds. The van der Waals surface area contributed by atoms with Gasteiger partial charge in [-0.2, -0.15) is 0 Å². The summed E-state index contributed by atoms with van der Waals surface area (Å²) in [6.07, 6.45) is 0. The molecule has 0 bridgehead atoms. The molecule has 0 aliphatic carbocycles. The zero-order valence-electron chi connectivity index (χ0n) is 15.5. The molecule has 0 fully saturated rings. The van der Waals surface area contributed by atoms with E-state index in [0.29, 0.717) is 22.9 Å². The molecule has 4 aromatic heterocycles. The van der Waals surface area contributed by atoms with E-state index in [1.165, 1.54) is 9.40 Å². The van der Waals surface area contributed by atoms with E-state index in [4.69, 9.17) is 18.8 Å². The topological polar surface area (TPSA) is 52.1 Å². The Morgan fingerprint density at radius 2 is 1.07 bits per heavy atom. The van der Waals surface area contributed by atoms with Crippen LogP contribution in [0.25, 0.3) is 65.3 Å². The Balaban J connectivity index is 1.38. The molecule has 4 nitrogen and oxygen atoms in total. The first-order valence-corrected chi connectivity index (χ1v) is 11.2. The van der Waals surface area contributed by atoms with Gasteiger partial charge in [0.25, 0.3) is 0 Å². The van der Waals surface area contributed by atoms with Crippen LogP contribution in [0.5, 0.6) is 0 Å². The molecule has 6 heteroatoms. The molecular formula is C24H12N2O2S2. The third-order valence-corrected chi connectivity index (χ3v) is 7.25. The summed E-state index contributed by atoms with van der Waals surface area (Å²) in [4.78, 5) is 9.46. The monoisotopic (exact) mass is 424 g/mol.